The lowest BCUT2D eigenvalue weighted by atomic mass is 9.63. The van der Waals surface area contributed by atoms with Gasteiger partial charge in [-0.1, -0.05) is 6.07 Å². The lowest BCUT2D eigenvalue weighted by Gasteiger charge is -2.43. The average molecular weight is 513 g/mol. The Labute approximate surface area is 198 Å². The van der Waals surface area contributed by atoms with Crippen LogP contribution in [0.25, 0.3) is 11.0 Å². The van der Waals surface area contributed by atoms with Crippen LogP contribution in [0.3, 0.4) is 0 Å². The van der Waals surface area contributed by atoms with E-state index in [0.29, 0.717) is 11.0 Å². The number of amides is 2. The van der Waals surface area contributed by atoms with E-state index < -0.39 is 54.3 Å². The van der Waals surface area contributed by atoms with Gasteiger partial charge in [-0.2, -0.15) is 27.1 Å². The maximum absolute atomic E-state index is 14.9. The topological polar surface area (TPSA) is 100 Å². The van der Waals surface area contributed by atoms with Gasteiger partial charge in [0.2, 0.25) is 17.7 Å². The van der Waals surface area contributed by atoms with Gasteiger partial charge in [0.1, 0.15) is 24.0 Å². The maximum atomic E-state index is 14.9. The Balaban J connectivity index is 1.31. The van der Waals surface area contributed by atoms with E-state index in [-0.39, 0.29) is 30.0 Å². The minimum atomic E-state index is -5.85. The first-order valence-corrected chi connectivity index (χ1v) is 10.7. The molecule has 1 aliphatic carbocycles. The van der Waals surface area contributed by atoms with Crippen LogP contribution < -0.4 is 15.0 Å². The number of carbonyl (C=O) groups excluding carboxylic acids is 2. The van der Waals surface area contributed by atoms with E-state index in [4.69, 9.17) is 4.74 Å². The van der Waals surface area contributed by atoms with Crippen molar-refractivity contribution in [2.75, 3.05) is 18.0 Å². The summed E-state index contributed by atoms with van der Waals surface area (Å²) in [4.78, 5) is 30.7. The molecular weight excluding hydrogens is 496 g/mol. The summed E-state index contributed by atoms with van der Waals surface area (Å²) in [5, 5.41) is 8.11. The first-order chi connectivity index (χ1) is 16.9. The highest BCUT2D eigenvalue weighted by Gasteiger charge is 2.61. The Morgan fingerprint density at radius 1 is 1.19 bits per heavy atom. The van der Waals surface area contributed by atoms with Crippen LogP contribution in [0.4, 0.5) is 32.0 Å². The number of anilines is 1. The van der Waals surface area contributed by atoms with Crippen molar-refractivity contribution in [1.29, 1.82) is 0 Å². The van der Waals surface area contributed by atoms with Gasteiger partial charge in [0.25, 0.3) is 0 Å². The third kappa shape index (κ3) is 3.80. The molecule has 1 fully saturated rings. The fraction of sp³-hybridized carbons (Fsp3) is 0.364. The number of halogens is 6. The van der Waals surface area contributed by atoms with Crippen molar-refractivity contribution in [2.45, 2.75) is 36.5 Å². The third-order valence-electron chi connectivity index (χ3n) is 6.35. The van der Waals surface area contributed by atoms with Gasteiger partial charge in [0, 0.05) is 24.5 Å². The molecule has 0 atom stereocenters. The average Bonchev–Trinajstić information content (AvgIpc) is 3.34. The summed E-state index contributed by atoms with van der Waals surface area (Å²) >= 11 is 0. The molecule has 190 valence electrons. The number of fused-ring (bicyclic) bond motifs is 3. The van der Waals surface area contributed by atoms with Crippen molar-refractivity contribution in [3.8, 4) is 5.88 Å². The van der Waals surface area contributed by atoms with Crippen molar-refractivity contribution >= 4 is 28.5 Å². The van der Waals surface area contributed by atoms with Crippen molar-refractivity contribution < 1.29 is 40.7 Å². The Bertz CT molecular complexity index is 1350. The lowest BCUT2D eigenvalue weighted by Crippen LogP contribution is -2.55. The molecule has 5 rings (SSSR count). The van der Waals surface area contributed by atoms with E-state index in [1.807, 2.05) is 0 Å². The van der Waals surface area contributed by atoms with Crippen molar-refractivity contribution in [3.05, 3.63) is 47.9 Å². The minimum Gasteiger partial charge on any atom is -0.474 e. The Kier molecular flexibility index (Phi) is 5.37. The standard InChI is InChI=1S/C22H17F6N5O3/c23-12-2-1-3-15-18(12)20(6-11(7-20)36-17-5-4-13-14(31-17)8-30-32-13)19(35)33(15)9-16(34)29-10-21(24,25)22(26,27)28/h1-5,8,11H,6-7,9-10H2,(H,29,34)(H,30,32). The van der Waals surface area contributed by atoms with E-state index in [1.54, 1.807) is 12.1 Å². The summed E-state index contributed by atoms with van der Waals surface area (Å²) in [7, 11) is 0. The van der Waals surface area contributed by atoms with Gasteiger partial charge in [0.05, 0.1) is 29.4 Å². The number of aromatic amines is 1. The van der Waals surface area contributed by atoms with Gasteiger partial charge in [-0.15, -0.1) is 0 Å². The normalized spacial score (nSPS) is 21.6. The molecule has 1 aromatic carbocycles. The molecule has 0 unspecified atom stereocenters. The third-order valence-corrected chi connectivity index (χ3v) is 6.35. The number of hydrogen-bond donors (Lipinski definition) is 2. The second-order valence-electron chi connectivity index (χ2n) is 8.69. The van der Waals surface area contributed by atoms with Gasteiger partial charge in [-0.3, -0.25) is 14.7 Å². The summed E-state index contributed by atoms with van der Waals surface area (Å²) < 4.78 is 84.1. The first kappa shape index (κ1) is 23.9. The number of nitrogens with zero attached hydrogens (tertiary/aromatic N) is 3. The highest BCUT2D eigenvalue weighted by molar-refractivity contribution is 6.11. The first-order valence-electron chi connectivity index (χ1n) is 10.7. The summed E-state index contributed by atoms with van der Waals surface area (Å²) in [6, 6.07) is 7.14. The van der Waals surface area contributed by atoms with Crippen LogP contribution in [0.1, 0.15) is 18.4 Å². The summed E-state index contributed by atoms with van der Waals surface area (Å²) in [6.07, 6.45) is -4.76. The van der Waals surface area contributed by atoms with Crippen LogP contribution in [-0.2, 0) is 15.0 Å². The van der Waals surface area contributed by atoms with Crippen LogP contribution in [-0.4, -0.2) is 58.3 Å². The van der Waals surface area contributed by atoms with Gasteiger partial charge >= 0.3 is 12.1 Å². The lowest BCUT2D eigenvalue weighted by molar-refractivity contribution is -0.278. The maximum Gasteiger partial charge on any atom is 0.455 e. The molecular formula is C22H17F6N5O3. The highest BCUT2D eigenvalue weighted by atomic mass is 19.4. The Morgan fingerprint density at radius 3 is 2.67 bits per heavy atom. The molecule has 8 nitrogen and oxygen atoms in total. The fourth-order valence-corrected chi connectivity index (χ4v) is 4.58. The second-order valence-corrected chi connectivity index (χ2v) is 8.69. The minimum absolute atomic E-state index is 0.0292. The summed E-state index contributed by atoms with van der Waals surface area (Å²) in [5.41, 5.74) is -0.0310. The van der Waals surface area contributed by atoms with Crippen LogP contribution in [0.5, 0.6) is 5.88 Å². The molecule has 1 spiro atoms. The number of pyridine rings is 1. The predicted molar refractivity (Wildman–Crippen MR) is 112 cm³/mol. The molecule has 14 heteroatoms. The van der Waals surface area contributed by atoms with E-state index in [0.717, 1.165) is 11.0 Å². The van der Waals surface area contributed by atoms with Gasteiger partial charge in [0.15, 0.2) is 0 Å². The van der Waals surface area contributed by atoms with E-state index in [1.165, 1.54) is 23.6 Å². The molecule has 1 aliphatic heterocycles. The molecule has 2 aliphatic rings. The molecule has 1 saturated carbocycles. The molecule has 3 aromatic rings. The molecule has 0 bridgehead atoms. The summed E-state index contributed by atoms with van der Waals surface area (Å²) in [6.45, 7) is -2.84. The van der Waals surface area contributed by atoms with Gasteiger partial charge < -0.3 is 15.0 Å². The second kappa shape index (κ2) is 8.10. The Morgan fingerprint density at radius 2 is 1.94 bits per heavy atom. The number of aromatic nitrogens is 3. The zero-order valence-electron chi connectivity index (χ0n) is 18.2. The molecule has 36 heavy (non-hydrogen) atoms. The molecule has 3 heterocycles. The number of nitrogens with one attached hydrogen (secondary N) is 2. The SMILES string of the molecule is O=C(CN1C(=O)C2(CC(Oc3ccc4[nH]ncc4n3)C2)c2c(F)cccc21)NCC(F)(F)C(F)(F)F. The fourth-order valence-electron chi connectivity index (χ4n) is 4.58. The van der Waals surface area contributed by atoms with Crippen molar-refractivity contribution in [3.63, 3.8) is 0 Å². The number of ether oxygens (including phenoxy) is 1. The number of hydrogen-bond acceptors (Lipinski definition) is 5. The van der Waals surface area contributed by atoms with Crippen molar-refractivity contribution in [1.82, 2.24) is 20.5 Å². The molecule has 2 aromatic heterocycles. The van der Waals surface area contributed by atoms with Crippen LogP contribution in [0.15, 0.2) is 36.5 Å². The monoisotopic (exact) mass is 513 g/mol. The highest BCUT2D eigenvalue weighted by Crippen LogP contribution is 2.55. The molecule has 0 radical (unpaired) electrons. The zero-order valence-corrected chi connectivity index (χ0v) is 18.2. The number of benzene rings is 1. The zero-order chi connectivity index (χ0) is 25.9. The number of H-pyrrole nitrogens is 1. The largest absolute Gasteiger partial charge is 0.474 e. The number of rotatable bonds is 6. The smallest absolute Gasteiger partial charge is 0.455 e. The van der Waals surface area contributed by atoms with Crippen LogP contribution in [0, 0.1) is 5.82 Å². The molecule has 2 amide bonds. The van der Waals surface area contributed by atoms with Crippen LogP contribution >= 0.6 is 0 Å². The molecule has 0 saturated heterocycles. The molecule has 2 N–H and O–H groups in total. The van der Waals surface area contributed by atoms with Gasteiger partial charge in [-0.25, -0.2) is 9.37 Å². The predicted octanol–water partition coefficient (Wildman–Crippen LogP) is 3.24. The van der Waals surface area contributed by atoms with E-state index in [2.05, 4.69) is 15.2 Å². The summed E-state index contributed by atoms with van der Waals surface area (Å²) in [5.74, 6) is -7.49. The van der Waals surface area contributed by atoms with E-state index in [9.17, 15) is 35.9 Å². The van der Waals surface area contributed by atoms with Crippen LogP contribution in [0.2, 0.25) is 0 Å². The van der Waals surface area contributed by atoms with E-state index >= 15 is 0 Å². The van der Waals surface area contributed by atoms with Gasteiger partial charge in [-0.05, 0) is 18.2 Å². The number of alkyl halides is 5. The van der Waals surface area contributed by atoms with Crippen molar-refractivity contribution in [2.24, 2.45) is 0 Å². The quantitative estimate of drug-likeness (QED) is 0.493. The number of carbonyl (C=O) groups is 2. The Hall–Kier alpha value is -3.84.